The molecule has 29 heavy (non-hydrogen) atoms. The second-order valence-corrected chi connectivity index (χ2v) is 8.20. The van der Waals surface area contributed by atoms with Gasteiger partial charge in [-0.3, -0.25) is 14.5 Å². The number of nitrogens with one attached hydrogen (secondary N) is 2. The van der Waals surface area contributed by atoms with Crippen molar-refractivity contribution in [2.24, 2.45) is 0 Å². The van der Waals surface area contributed by atoms with Crippen LogP contribution in [0.5, 0.6) is 0 Å². The zero-order valence-corrected chi connectivity index (χ0v) is 16.9. The zero-order valence-electron chi connectivity index (χ0n) is 16.1. The summed E-state index contributed by atoms with van der Waals surface area (Å²) in [7, 11) is 0. The summed E-state index contributed by atoms with van der Waals surface area (Å²) in [6.45, 7) is 1.86. The molecule has 0 bridgehead atoms. The third-order valence-corrected chi connectivity index (χ3v) is 6.15. The molecule has 1 saturated carbocycles. The fraction of sp³-hybridized carbons (Fsp3) is 0.333. The van der Waals surface area contributed by atoms with Crippen molar-refractivity contribution in [3.8, 4) is 6.07 Å². The molecule has 1 aromatic carbocycles. The van der Waals surface area contributed by atoms with Crippen LogP contribution >= 0.6 is 11.8 Å². The average Bonchev–Trinajstić information content (AvgIpc) is 3.33. The molecular weight excluding hydrogens is 386 g/mol. The first-order valence-electron chi connectivity index (χ1n) is 9.61. The molecule has 3 aromatic rings. The van der Waals surface area contributed by atoms with Crippen molar-refractivity contribution in [1.82, 2.24) is 20.0 Å². The third-order valence-electron chi connectivity index (χ3n) is 5.15. The Balaban J connectivity index is 1.54. The van der Waals surface area contributed by atoms with E-state index < -0.39 is 6.03 Å². The molecule has 0 aliphatic heterocycles. The van der Waals surface area contributed by atoms with Crippen LogP contribution in [0.1, 0.15) is 36.8 Å². The van der Waals surface area contributed by atoms with Crippen LogP contribution in [0.2, 0.25) is 0 Å². The highest BCUT2D eigenvalue weighted by Crippen LogP contribution is 2.29. The van der Waals surface area contributed by atoms with Crippen molar-refractivity contribution in [1.29, 1.82) is 5.26 Å². The summed E-state index contributed by atoms with van der Waals surface area (Å²) >= 11 is 1.32. The highest BCUT2D eigenvalue weighted by Gasteiger charge is 2.19. The van der Waals surface area contributed by atoms with Crippen molar-refractivity contribution >= 4 is 40.4 Å². The van der Waals surface area contributed by atoms with Gasteiger partial charge in [-0.05, 0) is 43.5 Å². The van der Waals surface area contributed by atoms with Gasteiger partial charge in [-0.2, -0.15) is 5.26 Å². The Hall–Kier alpha value is -3.05. The highest BCUT2D eigenvalue weighted by molar-refractivity contribution is 7.99. The number of amides is 3. The van der Waals surface area contributed by atoms with E-state index in [9.17, 15) is 14.9 Å². The summed E-state index contributed by atoms with van der Waals surface area (Å²) in [5.74, 6) is -0.268. The first-order chi connectivity index (χ1) is 14.1. The number of nitriles is 1. The number of thioether (sulfide) groups is 1. The van der Waals surface area contributed by atoms with Gasteiger partial charge in [-0.15, -0.1) is 0 Å². The number of para-hydroxylation sites is 2. The number of pyridine rings is 1. The lowest BCUT2D eigenvalue weighted by Crippen LogP contribution is -2.44. The molecule has 0 saturated heterocycles. The highest BCUT2D eigenvalue weighted by atomic mass is 32.2. The van der Waals surface area contributed by atoms with Gasteiger partial charge in [-0.25, -0.2) is 9.78 Å². The molecule has 2 heterocycles. The Morgan fingerprint density at radius 3 is 2.83 bits per heavy atom. The lowest BCUT2D eigenvalue weighted by molar-refractivity contribution is -0.117. The van der Waals surface area contributed by atoms with Crippen molar-refractivity contribution in [2.45, 2.75) is 43.7 Å². The number of imide groups is 1. The predicted octanol–water partition coefficient (Wildman–Crippen LogP) is 3.53. The number of rotatable bonds is 4. The molecule has 1 aliphatic rings. The quantitative estimate of drug-likeness (QED) is 0.645. The molecule has 0 spiro atoms. The summed E-state index contributed by atoms with van der Waals surface area (Å²) in [4.78, 5) is 28.9. The van der Waals surface area contributed by atoms with Gasteiger partial charge >= 0.3 is 6.03 Å². The number of hydrogen-bond donors (Lipinski definition) is 2. The minimum Gasteiger partial charge on any atom is -0.335 e. The average molecular weight is 407 g/mol. The SMILES string of the molecule is Cc1cc(SCC(=O)NC(=O)NC2CCCC2)n2c(nc3ccccc32)c1C#N. The molecule has 7 nitrogen and oxygen atoms in total. The molecule has 8 heteroatoms. The second-order valence-electron chi connectivity index (χ2n) is 7.20. The van der Waals surface area contributed by atoms with E-state index in [1.165, 1.54) is 11.8 Å². The van der Waals surface area contributed by atoms with E-state index in [0.717, 1.165) is 47.3 Å². The number of nitrogens with zero attached hydrogens (tertiary/aromatic N) is 3. The molecule has 0 atom stereocenters. The third kappa shape index (κ3) is 3.91. The fourth-order valence-corrected chi connectivity index (χ4v) is 4.68. The molecule has 0 unspecified atom stereocenters. The van der Waals surface area contributed by atoms with Crippen molar-refractivity contribution in [3.05, 3.63) is 41.5 Å². The van der Waals surface area contributed by atoms with Gasteiger partial charge in [0.25, 0.3) is 0 Å². The lowest BCUT2D eigenvalue weighted by atomic mass is 10.2. The number of carbonyl (C=O) groups excluding carboxylic acids is 2. The van der Waals surface area contributed by atoms with E-state index in [2.05, 4.69) is 21.7 Å². The van der Waals surface area contributed by atoms with E-state index in [0.29, 0.717) is 11.2 Å². The van der Waals surface area contributed by atoms with Gasteiger partial charge in [0.05, 0.1) is 27.4 Å². The number of benzene rings is 1. The van der Waals surface area contributed by atoms with Gasteiger partial charge in [0, 0.05) is 6.04 Å². The number of imidazole rings is 1. The number of hydrogen-bond acceptors (Lipinski definition) is 5. The maximum absolute atomic E-state index is 12.3. The van der Waals surface area contributed by atoms with Crippen molar-refractivity contribution in [2.75, 3.05) is 5.75 Å². The summed E-state index contributed by atoms with van der Waals surface area (Å²) in [5.41, 5.74) is 3.57. The summed E-state index contributed by atoms with van der Waals surface area (Å²) in [6, 6.07) is 11.5. The van der Waals surface area contributed by atoms with Gasteiger partial charge in [0.1, 0.15) is 6.07 Å². The Bertz CT molecular complexity index is 1140. The standard InChI is InChI=1S/C21H21N5O2S/c1-13-10-19(29-12-18(27)25-21(28)23-14-6-2-3-7-14)26-17-9-5-4-8-16(17)24-20(26)15(13)11-22/h4-5,8-10,14H,2-3,6-7,12H2,1H3,(H2,23,25,27,28). The van der Waals surface area contributed by atoms with Crippen LogP contribution in [-0.4, -0.2) is 33.1 Å². The number of aromatic nitrogens is 2. The van der Waals surface area contributed by atoms with Crippen LogP contribution in [0.3, 0.4) is 0 Å². The smallest absolute Gasteiger partial charge is 0.321 e. The van der Waals surface area contributed by atoms with Crippen LogP contribution in [0.15, 0.2) is 35.4 Å². The molecule has 4 rings (SSSR count). The zero-order chi connectivity index (χ0) is 20.4. The van der Waals surface area contributed by atoms with E-state index in [1.807, 2.05) is 41.7 Å². The van der Waals surface area contributed by atoms with Gasteiger partial charge < -0.3 is 5.32 Å². The minimum atomic E-state index is -0.434. The van der Waals surface area contributed by atoms with Crippen molar-refractivity contribution in [3.63, 3.8) is 0 Å². The predicted molar refractivity (Wildman–Crippen MR) is 112 cm³/mol. The summed E-state index contributed by atoms with van der Waals surface area (Å²) < 4.78 is 1.90. The number of urea groups is 1. The van der Waals surface area contributed by atoms with Crippen LogP contribution in [0.25, 0.3) is 16.7 Å². The van der Waals surface area contributed by atoms with Gasteiger partial charge in [0.15, 0.2) is 5.65 Å². The molecule has 2 N–H and O–H groups in total. The van der Waals surface area contributed by atoms with E-state index in [4.69, 9.17) is 0 Å². The number of fused-ring (bicyclic) bond motifs is 3. The Morgan fingerprint density at radius 1 is 1.31 bits per heavy atom. The van der Waals surface area contributed by atoms with Crippen LogP contribution in [-0.2, 0) is 4.79 Å². The molecule has 1 fully saturated rings. The van der Waals surface area contributed by atoms with Crippen molar-refractivity contribution < 1.29 is 9.59 Å². The maximum Gasteiger partial charge on any atom is 0.321 e. The minimum absolute atomic E-state index is 0.0883. The first-order valence-corrected chi connectivity index (χ1v) is 10.6. The largest absolute Gasteiger partial charge is 0.335 e. The van der Waals surface area contributed by atoms with E-state index in [1.54, 1.807) is 0 Å². The number of aryl methyl sites for hydroxylation is 1. The molecule has 0 radical (unpaired) electrons. The van der Waals surface area contributed by atoms with E-state index in [-0.39, 0.29) is 17.7 Å². The van der Waals surface area contributed by atoms with Crippen LogP contribution in [0, 0.1) is 18.3 Å². The lowest BCUT2D eigenvalue weighted by Gasteiger charge is -2.13. The summed E-state index contributed by atoms with van der Waals surface area (Å²) in [5, 5.41) is 15.6. The fourth-order valence-electron chi connectivity index (χ4n) is 3.75. The maximum atomic E-state index is 12.3. The van der Waals surface area contributed by atoms with Gasteiger partial charge in [-0.1, -0.05) is 36.7 Å². The Kier molecular flexibility index (Phi) is 5.41. The Labute approximate surface area is 172 Å². The normalized spacial score (nSPS) is 14.2. The van der Waals surface area contributed by atoms with Crippen LogP contribution in [0.4, 0.5) is 4.79 Å². The molecule has 2 aromatic heterocycles. The topological polar surface area (TPSA) is 99.3 Å². The first kappa shape index (κ1) is 19.3. The second kappa shape index (κ2) is 8.13. The monoisotopic (exact) mass is 407 g/mol. The van der Waals surface area contributed by atoms with Gasteiger partial charge in [0.2, 0.25) is 5.91 Å². The molecule has 1 aliphatic carbocycles. The summed E-state index contributed by atoms with van der Waals surface area (Å²) in [6.07, 6.45) is 4.16. The Morgan fingerprint density at radius 2 is 2.07 bits per heavy atom. The number of carbonyl (C=O) groups is 2. The van der Waals surface area contributed by atoms with E-state index >= 15 is 0 Å². The molecular formula is C21H21N5O2S. The molecule has 3 amide bonds. The van der Waals surface area contributed by atoms with Crippen LogP contribution < -0.4 is 10.6 Å². The molecule has 148 valence electrons.